The van der Waals surface area contributed by atoms with Crippen LogP contribution in [0.5, 0.6) is 0 Å². The third kappa shape index (κ3) is 7.89. The highest BCUT2D eigenvalue weighted by molar-refractivity contribution is 6.01. The van der Waals surface area contributed by atoms with Crippen LogP contribution in [0.15, 0.2) is 103 Å². The lowest BCUT2D eigenvalue weighted by molar-refractivity contribution is -0.136. The molecule has 0 aliphatic carbocycles. The van der Waals surface area contributed by atoms with Gasteiger partial charge in [-0.05, 0) is 85.7 Å². The van der Waals surface area contributed by atoms with Gasteiger partial charge in [0.1, 0.15) is 12.1 Å². The fourth-order valence-corrected chi connectivity index (χ4v) is 6.35. The van der Waals surface area contributed by atoms with Crippen LogP contribution in [-0.4, -0.2) is 58.6 Å². The summed E-state index contributed by atoms with van der Waals surface area (Å²) >= 11 is 0. The van der Waals surface area contributed by atoms with Crippen molar-refractivity contribution in [3.8, 4) is 0 Å². The van der Waals surface area contributed by atoms with Crippen LogP contribution in [0.2, 0.25) is 0 Å². The maximum atomic E-state index is 13.1. The number of likely N-dealkylation sites (tertiary alicyclic amines) is 2. The van der Waals surface area contributed by atoms with E-state index < -0.39 is 12.1 Å². The summed E-state index contributed by atoms with van der Waals surface area (Å²) in [7, 11) is 0. The summed E-state index contributed by atoms with van der Waals surface area (Å²) in [4.78, 5) is 55.6. The Kier molecular flexibility index (Phi) is 10.1. The van der Waals surface area contributed by atoms with E-state index in [1.165, 1.54) is 0 Å². The van der Waals surface area contributed by atoms with Gasteiger partial charge in [0.2, 0.25) is 17.7 Å². The van der Waals surface area contributed by atoms with Crippen LogP contribution in [0.1, 0.15) is 58.3 Å². The fourth-order valence-electron chi connectivity index (χ4n) is 6.35. The zero-order valence-electron chi connectivity index (χ0n) is 27.1. The third-order valence-electron chi connectivity index (χ3n) is 9.01. The summed E-state index contributed by atoms with van der Waals surface area (Å²) in [6.07, 6.45) is 7.15. The number of hydrogen-bond acceptors (Lipinski definition) is 4. The summed E-state index contributed by atoms with van der Waals surface area (Å²) in [6, 6.07) is 31.2. The molecule has 2 aliphatic heterocycles. The Morgan fingerprint density at radius 3 is 1.69 bits per heavy atom. The van der Waals surface area contributed by atoms with Crippen molar-refractivity contribution in [2.45, 2.75) is 51.1 Å². The Labute approximate surface area is 281 Å². The molecule has 0 unspecified atom stereocenters. The first-order valence-corrected chi connectivity index (χ1v) is 16.5. The van der Waals surface area contributed by atoms with Gasteiger partial charge in [0.05, 0.1) is 6.42 Å². The van der Waals surface area contributed by atoms with Crippen LogP contribution >= 0.6 is 0 Å². The summed E-state index contributed by atoms with van der Waals surface area (Å²) in [5, 5.41) is 5.96. The van der Waals surface area contributed by atoms with Crippen LogP contribution < -0.4 is 10.6 Å². The fraction of sp³-hybridized carbons (Fsp3) is 0.250. The van der Waals surface area contributed by atoms with Crippen molar-refractivity contribution in [2.24, 2.45) is 0 Å². The topological polar surface area (TPSA) is 98.8 Å². The number of hydrogen-bond donors (Lipinski definition) is 2. The average Bonchev–Trinajstić information content (AvgIpc) is 3.80. The summed E-state index contributed by atoms with van der Waals surface area (Å²) in [6.45, 7) is 3.14. The molecule has 4 aromatic carbocycles. The van der Waals surface area contributed by atoms with Crippen molar-refractivity contribution in [3.05, 3.63) is 131 Å². The van der Waals surface area contributed by atoms with Crippen molar-refractivity contribution >= 4 is 47.2 Å². The van der Waals surface area contributed by atoms with E-state index in [0.29, 0.717) is 49.3 Å². The van der Waals surface area contributed by atoms with Gasteiger partial charge in [-0.1, -0.05) is 84.4 Å². The highest BCUT2D eigenvalue weighted by Crippen LogP contribution is 2.24. The summed E-state index contributed by atoms with van der Waals surface area (Å²) in [5.74, 6) is -0.485. The zero-order valence-corrected chi connectivity index (χ0v) is 27.1. The second kappa shape index (κ2) is 14.9. The van der Waals surface area contributed by atoms with E-state index in [-0.39, 0.29) is 23.6 Å². The van der Waals surface area contributed by atoms with Gasteiger partial charge in [-0.25, -0.2) is 0 Å². The maximum absolute atomic E-state index is 13.1. The van der Waals surface area contributed by atoms with Crippen molar-refractivity contribution < 1.29 is 19.2 Å². The molecule has 6 rings (SSSR count). The molecule has 0 bridgehead atoms. The predicted octanol–water partition coefficient (Wildman–Crippen LogP) is 6.58. The van der Waals surface area contributed by atoms with Crippen LogP contribution in [0.25, 0.3) is 12.2 Å². The van der Waals surface area contributed by atoms with Gasteiger partial charge >= 0.3 is 0 Å². The van der Waals surface area contributed by atoms with Crippen molar-refractivity contribution in [1.29, 1.82) is 0 Å². The molecular formula is C40H40N4O4. The average molecular weight is 641 g/mol. The smallest absolute Gasteiger partial charge is 0.254 e. The molecule has 0 saturated carbocycles. The molecule has 2 saturated heterocycles. The molecule has 2 heterocycles. The largest absolute Gasteiger partial charge is 0.330 e. The van der Waals surface area contributed by atoms with Crippen molar-refractivity contribution in [1.82, 2.24) is 9.80 Å². The number of nitrogens with one attached hydrogen (secondary N) is 2. The highest BCUT2D eigenvalue weighted by atomic mass is 16.2. The first-order chi connectivity index (χ1) is 23.3. The van der Waals surface area contributed by atoms with E-state index in [1.54, 1.807) is 9.80 Å². The summed E-state index contributed by atoms with van der Waals surface area (Å²) < 4.78 is 0. The molecule has 2 atom stereocenters. The molecule has 244 valence electrons. The molecule has 0 radical (unpaired) electrons. The molecule has 8 heteroatoms. The van der Waals surface area contributed by atoms with Gasteiger partial charge in [-0.3, -0.25) is 19.2 Å². The second-order valence-corrected chi connectivity index (χ2v) is 12.5. The first-order valence-electron chi connectivity index (χ1n) is 16.5. The molecule has 2 aliphatic rings. The van der Waals surface area contributed by atoms with E-state index in [1.807, 2.05) is 122 Å². The number of carbonyl (C=O) groups excluding carboxylic acids is 4. The van der Waals surface area contributed by atoms with Crippen LogP contribution in [0.3, 0.4) is 0 Å². The highest BCUT2D eigenvalue weighted by Gasteiger charge is 2.35. The minimum atomic E-state index is -0.495. The van der Waals surface area contributed by atoms with Crippen molar-refractivity contribution in [2.75, 3.05) is 23.7 Å². The number of aryl methyl sites for hydroxylation is 1. The standard InChI is InChI=1S/C40H40N4O4/c1-28-11-19-32(20-12-28)40(48)44-26-6-10-36(44)39(47)42-34-23-17-30(18-24-34)14-13-29-15-21-33(22-16-29)41-38(46)35-9-5-25-43(35)37(45)27-31-7-3-2-4-8-31/h2-4,7-8,11-24,35-36H,5-6,9-10,25-27H2,1H3,(H,41,46)(H,42,47)/b14-13+/t35-,36-/m0/s1. The third-order valence-corrected chi connectivity index (χ3v) is 9.01. The number of carbonyl (C=O) groups is 4. The Morgan fingerprint density at radius 2 is 1.15 bits per heavy atom. The number of rotatable bonds is 9. The lowest BCUT2D eigenvalue weighted by Crippen LogP contribution is -2.43. The zero-order chi connectivity index (χ0) is 33.5. The van der Waals surface area contributed by atoms with Gasteiger partial charge in [-0.15, -0.1) is 0 Å². The monoisotopic (exact) mass is 640 g/mol. The number of nitrogens with zero attached hydrogens (tertiary/aromatic N) is 2. The molecule has 0 spiro atoms. The van der Waals surface area contributed by atoms with Crippen LogP contribution in [0.4, 0.5) is 11.4 Å². The summed E-state index contributed by atoms with van der Waals surface area (Å²) in [5.41, 5.74) is 5.91. The second-order valence-electron chi connectivity index (χ2n) is 12.5. The molecular weight excluding hydrogens is 600 g/mol. The lowest BCUT2D eigenvalue weighted by atomic mass is 10.1. The van der Waals surface area contributed by atoms with Gasteiger partial charge in [-0.2, -0.15) is 0 Å². The molecule has 4 amide bonds. The molecule has 8 nitrogen and oxygen atoms in total. The van der Waals surface area contributed by atoms with Gasteiger partial charge in [0, 0.05) is 30.0 Å². The number of benzene rings is 4. The van der Waals surface area contributed by atoms with Gasteiger partial charge in [0.15, 0.2) is 0 Å². The Bertz CT molecular complexity index is 1780. The number of anilines is 2. The molecule has 2 fully saturated rings. The molecule has 4 aromatic rings. The van der Waals surface area contributed by atoms with Crippen molar-refractivity contribution in [3.63, 3.8) is 0 Å². The first kappa shape index (κ1) is 32.4. The Balaban J connectivity index is 0.996. The lowest BCUT2D eigenvalue weighted by Gasteiger charge is -2.24. The molecule has 0 aromatic heterocycles. The van der Waals surface area contributed by atoms with E-state index in [2.05, 4.69) is 10.6 Å². The molecule has 2 N–H and O–H groups in total. The molecule has 48 heavy (non-hydrogen) atoms. The van der Waals surface area contributed by atoms with E-state index in [9.17, 15) is 19.2 Å². The quantitative estimate of drug-likeness (QED) is 0.202. The van der Waals surface area contributed by atoms with Gasteiger partial charge < -0.3 is 20.4 Å². The van der Waals surface area contributed by atoms with Crippen LogP contribution in [0, 0.1) is 6.92 Å². The minimum absolute atomic E-state index is 0.0272. The van der Waals surface area contributed by atoms with E-state index in [0.717, 1.165) is 35.1 Å². The van der Waals surface area contributed by atoms with Crippen LogP contribution in [-0.2, 0) is 20.8 Å². The predicted molar refractivity (Wildman–Crippen MR) is 189 cm³/mol. The van der Waals surface area contributed by atoms with Gasteiger partial charge in [0.25, 0.3) is 5.91 Å². The number of amides is 4. The Morgan fingerprint density at radius 1 is 0.646 bits per heavy atom. The Hall–Kier alpha value is -5.50. The minimum Gasteiger partial charge on any atom is -0.330 e. The maximum Gasteiger partial charge on any atom is 0.254 e. The SMILES string of the molecule is Cc1ccc(C(=O)N2CCC[C@H]2C(=O)Nc2ccc(/C=C/c3ccc(NC(=O)[C@@H]4CCCN4C(=O)Cc4ccccc4)cc3)cc2)cc1. The normalized spacial score (nSPS) is 17.4. The van der Waals surface area contributed by atoms with E-state index >= 15 is 0 Å². The van der Waals surface area contributed by atoms with E-state index in [4.69, 9.17) is 0 Å².